The monoisotopic (exact) mass is 381 g/mol. The average Bonchev–Trinajstić information content (AvgIpc) is 3.07. The van der Waals surface area contributed by atoms with E-state index >= 15 is 0 Å². The zero-order valence-corrected chi connectivity index (χ0v) is 14.9. The molecule has 132 valence electrons. The standard InChI is InChI=1S/C18H17ClFNO3S/c19-13-6-8-16(9-7-13)25(23,24)18(10-1-2-11-18)17(22)21-15-5-3-4-14(20)12-15/h3-9,12H,1-2,10-11H2,(H,21,22). The van der Waals surface area contributed by atoms with E-state index in [1.165, 1.54) is 42.5 Å². The molecule has 7 heteroatoms. The summed E-state index contributed by atoms with van der Waals surface area (Å²) in [4.78, 5) is 13.0. The SMILES string of the molecule is O=C(Nc1cccc(F)c1)C1(S(=O)(=O)c2ccc(Cl)cc2)CCCC1. The van der Waals surface area contributed by atoms with Crippen LogP contribution in [0.25, 0.3) is 0 Å². The van der Waals surface area contributed by atoms with Gasteiger partial charge in [0.2, 0.25) is 5.91 Å². The van der Waals surface area contributed by atoms with Crippen LogP contribution in [0, 0.1) is 5.82 Å². The van der Waals surface area contributed by atoms with E-state index in [2.05, 4.69) is 5.32 Å². The van der Waals surface area contributed by atoms with Crippen LogP contribution in [0.2, 0.25) is 5.02 Å². The lowest BCUT2D eigenvalue weighted by Gasteiger charge is -2.27. The van der Waals surface area contributed by atoms with Crippen LogP contribution >= 0.6 is 11.6 Å². The van der Waals surface area contributed by atoms with E-state index in [1.54, 1.807) is 0 Å². The Morgan fingerprint density at radius 1 is 1.08 bits per heavy atom. The number of halogens is 2. The number of amides is 1. The highest BCUT2D eigenvalue weighted by molar-refractivity contribution is 7.93. The van der Waals surface area contributed by atoms with Crippen molar-refractivity contribution in [1.82, 2.24) is 0 Å². The second-order valence-corrected chi connectivity index (χ2v) is 8.82. The minimum atomic E-state index is -3.91. The summed E-state index contributed by atoms with van der Waals surface area (Å²) in [5, 5.41) is 2.99. The summed E-state index contributed by atoms with van der Waals surface area (Å²) in [6.07, 6.45) is 1.75. The molecule has 0 heterocycles. The molecule has 2 aromatic rings. The highest BCUT2D eigenvalue weighted by Crippen LogP contribution is 2.41. The lowest BCUT2D eigenvalue weighted by molar-refractivity contribution is -0.118. The number of anilines is 1. The van der Waals surface area contributed by atoms with Crippen molar-refractivity contribution >= 4 is 33.0 Å². The Hall–Kier alpha value is -1.92. The van der Waals surface area contributed by atoms with Crippen LogP contribution in [-0.2, 0) is 14.6 Å². The summed E-state index contributed by atoms with van der Waals surface area (Å²) in [5.74, 6) is -1.12. The molecular formula is C18H17ClFNO3S. The third-order valence-corrected chi connectivity index (χ3v) is 7.31. The summed E-state index contributed by atoms with van der Waals surface area (Å²) in [6, 6.07) is 11.2. The number of hydrogen-bond donors (Lipinski definition) is 1. The lowest BCUT2D eigenvalue weighted by atomic mass is 10.1. The second kappa shape index (κ2) is 6.77. The Balaban J connectivity index is 1.98. The maximum atomic E-state index is 13.3. The van der Waals surface area contributed by atoms with Gasteiger partial charge in [0.05, 0.1) is 4.90 Å². The molecule has 0 atom stereocenters. The molecule has 3 rings (SSSR count). The number of sulfone groups is 1. The molecule has 1 aliphatic carbocycles. The first-order valence-corrected chi connectivity index (χ1v) is 9.78. The molecule has 0 bridgehead atoms. The summed E-state index contributed by atoms with van der Waals surface area (Å²) in [5.41, 5.74) is 0.239. The van der Waals surface area contributed by atoms with Crippen molar-refractivity contribution in [3.05, 3.63) is 59.4 Å². The number of carbonyl (C=O) groups excluding carboxylic acids is 1. The zero-order valence-electron chi connectivity index (χ0n) is 13.3. The fourth-order valence-electron chi connectivity index (χ4n) is 3.21. The number of rotatable bonds is 4. The number of nitrogens with one attached hydrogen (secondary N) is 1. The Morgan fingerprint density at radius 2 is 1.72 bits per heavy atom. The first kappa shape index (κ1) is 17.9. The van der Waals surface area contributed by atoms with Gasteiger partial charge in [-0.15, -0.1) is 0 Å². The van der Waals surface area contributed by atoms with E-state index in [4.69, 9.17) is 11.6 Å². The van der Waals surface area contributed by atoms with Crippen LogP contribution in [0.15, 0.2) is 53.4 Å². The highest BCUT2D eigenvalue weighted by Gasteiger charge is 2.52. The largest absolute Gasteiger partial charge is 0.325 e. The van der Waals surface area contributed by atoms with Crippen molar-refractivity contribution in [2.75, 3.05) is 5.32 Å². The molecule has 0 aliphatic heterocycles. The summed E-state index contributed by atoms with van der Waals surface area (Å²) in [7, 11) is -3.91. The molecular weight excluding hydrogens is 365 g/mol. The number of carbonyl (C=O) groups is 1. The minimum absolute atomic E-state index is 0.0631. The lowest BCUT2D eigenvalue weighted by Crippen LogP contribution is -2.47. The van der Waals surface area contributed by atoms with Crippen molar-refractivity contribution in [3.8, 4) is 0 Å². The van der Waals surface area contributed by atoms with E-state index in [0.717, 1.165) is 6.07 Å². The van der Waals surface area contributed by atoms with Crippen molar-refractivity contribution in [1.29, 1.82) is 0 Å². The molecule has 0 saturated heterocycles. The van der Waals surface area contributed by atoms with Crippen molar-refractivity contribution in [2.24, 2.45) is 0 Å². The molecule has 1 saturated carbocycles. The molecule has 0 radical (unpaired) electrons. The van der Waals surface area contributed by atoms with Crippen molar-refractivity contribution < 1.29 is 17.6 Å². The summed E-state index contributed by atoms with van der Waals surface area (Å²) >= 11 is 5.83. The maximum Gasteiger partial charge on any atom is 0.246 e. The molecule has 25 heavy (non-hydrogen) atoms. The van der Waals surface area contributed by atoms with Gasteiger partial charge in [0.1, 0.15) is 5.82 Å². The van der Waals surface area contributed by atoms with Gasteiger partial charge in [0, 0.05) is 10.7 Å². The topological polar surface area (TPSA) is 63.2 Å². The summed E-state index contributed by atoms with van der Waals surface area (Å²) < 4.78 is 38.2. The van der Waals surface area contributed by atoms with Gasteiger partial charge in [-0.25, -0.2) is 12.8 Å². The Bertz CT molecular complexity index is 891. The molecule has 1 fully saturated rings. The van der Waals surface area contributed by atoms with Crippen molar-refractivity contribution in [2.45, 2.75) is 35.3 Å². The number of benzene rings is 2. The van der Waals surface area contributed by atoms with Crippen molar-refractivity contribution in [3.63, 3.8) is 0 Å². The van der Waals surface area contributed by atoms with Gasteiger partial charge in [0.25, 0.3) is 0 Å². The average molecular weight is 382 g/mol. The predicted molar refractivity (Wildman–Crippen MR) is 94.9 cm³/mol. The fourth-order valence-corrected chi connectivity index (χ4v) is 5.41. The highest BCUT2D eigenvalue weighted by atomic mass is 35.5. The molecule has 1 amide bonds. The van der Waals surface area contributed by atoms with Crippen LogP contribution in [-0.4, -0.2) is 19.1 Å². The van der Waals surface area contributed by atoms with Gasteiger partial charge in [0.15, 0.2) is 14.6 Å². The van der Waals surface area contributed by atoms with E-state index in [0.29, 0.717) is 17.9 Å². The van der Waals surface area contributed by atoms with Gasteiger partial charge in [-0.3, -0.25) is 4.79 Å². The maximum absolute atomic E-state index is 13.3. The van der Waals surface area contributed by atoms with Crippen LogP contribution in [0.4, 0.5) is 10.1 Å². The molecule has 1 N–H and O–H groups in total. The quantitative estimate of drug-likeness (QED) is 0.863. The number of hydrogen-bond acceptors (Lipinski definition) is 3. The normalized spacial score (nSPS) is 16.6. The van der Waals surface area contributed by atoms with Gasteiger partial charge in [-0.1, -0.05) is 30.5 Å². The Kier molecular flexibility index (Phi) is 4.84. The Morgan fingerprint density at radius 3 is 2.32 bits per heavy atom. The van der Waals surface area contributed by atoms with Crippen LogP contribution < -0.4 is 5.32 Å². The fraction of sp³-hybridized carbons (Fsp3) is 0.278. The van der Waals surface area contributed by atoms with Gasteiger partial charge in [-0.2, -0.15) is 0 Å². The zero-order chi connectivity index (χ0) is 18.1. The van der Waals surface area contributed by atoms with Gasteiger partial charge < -0.3 is 5.32 Å². The van der Waals surface area contributed by atoms with E-state index in [-0.39, 0.29) is 23.4 Å². The van der Waals surface area contributed by atoms with E-state index in [1.807, 2.05) is 0 Å². The molecule has 0 aromatic heterocycles. The van der Waals surface area contributed by atoms with Crippen LogP contribution in [0.1, 0.15) is 25.7 Å². The Labute approximate surface area is 150 Å². The molecule has 1 aliphatic rings. The first-order chi connectivity index (χ1) is 11.8. The minimum Gasteiger partial charge on any atom is -0.325 e. The molecule has 2 aromatic carbocycles. The second-order valence-electron chi connectivity index (χ2n) is 6.12. The third kappa shape index (κ3) is 3.28. The van der Waals surface area contributed by atoms with E-state index in [9.17, 15) is 17.6 Å². The summed E-state index contributed by atoms with van der Waals surface area (Å²) in [6.45, 7) is 0. The third-order valence-electron chi connectivity index (χ3n) is 4.55. The van der Waals surface area contributed by atoms with Gasteiger partial charge in [-0.05, 0) is 55.3 Å². The van der Waals surface area contributed by atoms with E-state index < -0.39 is 26.3 Å². The van der Waals surface area contributed by atoms with Crippen LogP contribution in [0.5, 0.6) is 0 Å². The first-order valence-electron chi connectivity index (χ1n) is 7.92. The smallest absolute Gasteiger partial charge is 0.246 e. The van der Waals surface area contributed by atoms with Crippen LogP contribution in [0.3, 0.4) is 0 Å². The molecule has 0 unspecified atom stereocenters. The van der Waals surface area contributed by atoms with Gasteiger partial charge >= 0.3 is 0 Å². The molecule has 0 spiro atoms. The molecule has 4 nitrogen and oxygen atoms in total. The predicted octanol–water partition coefficient (Wildman–Crippen LogP) is 4.20.